The lowest BCUT2D eigenvalue weighted by Crippen LogP contribution is -2.43. The molecule has 43 heavy (non-hydrogen) atoms. The number of nitriles is 1. The first kappa shape index (κ1) is 24.7. The third-order valence-electron chi connectivity index (χ3n) is 9.13. The molecule has 3 aromatic heterocycles. The first-order chi connectivity index (χ1) is 21.6. The zero-order valence-electron chi connectivity index (χ0n) is 24.9. The van der Waals surface area contributed by atoms with Crippen LogP contribution in [0.15, 0.2) is 18.3 Å². The number of thiophene rings is 1. The minimum Gasteiger partial charge on any atom is -0.461 e. The minimum absolute atomic E-state index is 0.0261. The summed E-state index contributed by atoms with van der Waals surface area (Å²) in [5.41, 5.74) is 4.66. The quantitative estimate of drug-likeness (QED) is 0.340. The second-order valence-electron chi connectivity index (χ2n) is 11.7. The Kier molecular flexibility index (Phi) is 5.68. The van der Waals surface area contributed by atoms with Crippen molar-refractivity contribution in [1.82, 2.24) is 19.9 Å². The molecule has 3 aliphatic heterocycles. The molecule has 4 atom stereocenters. The molecule has 3 saturated heterocycles. The topological polar surface area (TPSA) is 113 Å². The standard InChI is InChI=1S/C30H28F3N7O2S/c31-16-9-30(4-1-5-39(30)12-16)14-42-29-37-25-19(28(38-29)40-6-7-41-13-15-8-21(15)40)11-36-24(23(25)33)17-2-3-20(32)26-22(17)18(10-34)27(35)43-26/h2-3,11,15-16,21H,1,4-9,12-14,35H2/t15-,16+,21-,30-/m0/s1/i14D2. The van der Waals surface area contributed by atoms with E-state index in [1.807, 2.05) is 11.0 Å². The third kappa shape index (κ3) is 4.22. The van der Waals surface area contributed by atoms with E-state index in [1.165, 1.54) is 18.3 Å². The summed E-state index contributed by atoms with van der Waals surface area (Å²) in [7, 11) is 0. The van der Waals surface area contributed by atoms with Gasteiger partial charge in [-0.15, -0.1) is 11.3 Å². The Labute approximate surface area is 251 Å². The van der Waals surface area contributed by atoms with Gasteiger partial charge in [0.1, 0.15) is 46.6 Å². The fraction of sp³-hybridized carbons (Fsp3) is 0.467. The lowest BCUT2D eigenvalue weighted by Gasteiger charge is -2.31. The first-order valence-electron chi connectivity index (χ1n) is 15.3. The van der Waals surface area contributed by atoms with Crippen LogP contribution in [0, 0.1) is 28.9 Å². The minimum atomic E-state index is -2.38. The number of fused-ring (bicyclic) bond motifs is 4. The van der Waals surface area contributed by atoms with Gasteiger partial charge in [-0.25, -0.2) is 13.2 Å². The van der Waals surface area contributed by atoms with E-state index in [2.05, 4.69) is 15.0 Å². The van der Waals surface area contributed by atoms with Crippen molar-refractivity contribution in [2.45, 2.75) is 43.4 Å². The molecule has 1 aliphatic carbocycles. The van der Waals surface area contributed by atoms with Crippen LogP contribution in [0.1, 0.15) is 34.0 Å². The molecule has 4 aliphatic rings. The van der Waals surface area contributed by atoms with Gasteiger partial charge in [0.2, 0.25) is 0 Å². The number of rotatable bonds is 5. The number of nitrogens with two attached hydrogens (primary N) is 1. The van der Waals surface area contributed by atoms with Crippen LogP contribution in [0.2, 0.25) is 0 Å². The lowest BCUT2D eigenvalue weighted by molar-refractivity contribution is 0.107. The van der Waals surface area contributed by atoms with E-state index >= 15 is 4.39 Å². The third-order valence-corrected chi connectivity index (χ3v) is 10.2. The summed E-state index contributed by atoms with van der Waals surface area (Å²) in [6.45, 7) is -0.230. The van der Waals surface area contributed by atoms with Crippen molar-refractivity contribution in [3.63, 3.8) is 0 Å². The van der Waals surface area contributed by atoms with Gasteiger partial charge in [0.05, 0.1) is 37.1 Å². The number of nitrogen functional groups attached to an aromatic ring is 1. The van der Waals surface area contributed by atoms with Gasteiger partial charge in [-0.2, -0.15) is 15.2 Å². The zero-order valence-corrected chi connectivity index (χ0v) is 23.8. The molecule has 0 amide bonds. The summed E-state index contributed by atoms with van der Waals surface area (Å²) in [4.78, 5) is 17.3. The Hall–Kier alpha value is -3.73. The molecule has 4 aromatic rings. The maximum Gasteiger partial charge on any atom is 0.319 e. The van der Waals surface area contributed by atoms with Crippen LogP contribution in [0.25, 0.3) is 32.2 Å². The van der Waals surface area contributed by atoms with Crippen LogP contribution in [0.4, 0.5) is 24.0 Å². The number of halogens is 3. The summed E-state index contributed by atoms with van der Waals surface area (Å²) >= 11 is 0.898. The number of nitrogens with zero attached hydrogens (tertiary/aromatic N) is 6. The largest absolute Gasteiger partial charge is 0.461 e. The number of ether oxygens (including phenoxy) is 2. The second-order valence-corrected chi connectivity index (χ2v) is 12.7. The smallest absolute Gasteiger partial charge is 0.319 e. The number of hydrogen-bond donors (Lipinski definition) is 1. The molecule has 13 heteroatoms. The van der Waals surface area contributed by atoms with Crippen LogP contribution >= 0.6 is 11.3 Å². The molecule has 9 nitrogen and oxygen atoms in total. The van der Waals surface area contributed by atoms with E-state index in [0.29, 0.717) is 45.0 Å². The fourth-order valence-electron chi connectivity index (χ4n) is 6.99. The number of pyridine rings is 1. The normalized spacial score (nSPS) is 27.9. The van der Waals surface area contributed by atoms with Crippen molar-refractivity contribution < 1.29 is 25.4 Å². The molecule has 1 aromatic carbocycles. The highest BCUT2D eigenvalue weighted by Crippen LogP contribution is 2.45. The van der Waals surface area contributed by atoms with E-state index in [0.717, 1.165) is 17.8 Å². The highest BCUT2D eigenvalue weighted by molar-refractivity contribution is 7.23. The molecule has 8 rings (SSSR count). The van der Waals surface area contributed by atoms with Gasteiger partial charge in [-0.1, -0.05) is 0 Å². The van der Waals surface area contributed by atoms with Gasteiger partial charge in [-0.05, 0) is 37.9 Å². The van der Waals surface area contributed by atoms with Gasteiger partial charge in [-0.3, -0.25) is 9.88 Å². The maximum absolute atomic E-state index is 16.7. The molecule has 222 valence electrons. The number of hydrogen-bond acceptors (Lipinski definition) is 10. The Morgan fingerprint density at radius 2 is 2.19 bits per heavy atom. The summed E-state index contributed by atoms with van der Waals surface area (Å²) in [5, 5.41) is 10.3. The van der Waals surface area contributed by atoms with Crippen molar-refractivity contribution >= 4 is 43.1 Å². The number of benzene rings is 1. The Morgan fingerprint density at radius 1 is 1.30 bits per heavy atom. The average Bonchev–Trinajstić information content (AvgIpc) is 3.41. The Morgan fingerprint density at radius 3 is 3.05 bits per heavy atom. The van der Waals surface area contributed by atoms with Crippen molar-refractivity contribution in [3.05, 3.63) is 35.5 Å². The lowest BCUT2D eigenvalue weighted by atomic mass is 9.95. The van der Waals surface area contributed by atoms with Crippen LogP contribution in [0.3, 0.4) is 0 Å². The summed E-state index contributed by atoms with van der Waals surface area (Å²) in [6.07, 6.45) is 2.18. The van der Waals surface area contributed by atoms with Gasteiger partial charge < -0.3 is 20.1 Å². The van der Waals surface area contributed by atoms with E-state index in [-0.39, 0.29) is 73.7 Å². The Bertz CT molecular complexity index is 1920. The van der Waals surface area contributed by atoms with E-state index in [4.69, 9.17) is 17.9 Å². The van der Waals surface area contributed by atoms with Gasteiger partial charge in [0, 0.05) is 48.6 Å². The average molecular weight is 610 g/mol. The molecule has 0 unspecified atom stereocenters. The highest BCUT2D eigenvalue weighted by Gasteiger charge is 2.49. The SMILES string of the molecule is [2H]C([2H])(Oc1nc(N2CCOC[C@@H]3C[C@@H]32)c2cnc(-c3ccc(F)c4sc(N)c(C#N)c34)c(F)c2n1)[C@@]12CCCN1C[C@H](F)C2. The van der Waals surface area contributed by atoms with E-state index in [1.54, 1.807) is 4.90 Å². The predicted molar refractivity (Wildman–Crippen MR) is 156 cm³/mol. The molecule has 6 heterocycles. The van der Waals surface area contributed by atoms with Gasteiger partial charge in [0.15, 0.2) is 5.82 Å². The van der Waals surface area contributed by atoms with E-state index < -0.39 is 29.9 Å². The summed E-state index contributed by atoms with van der Waals surface area (Å²) in [5.74, 6) is -0.857. The second kappa shape index (κ2) is 9.90. The Balaban J connectivity index is 1.31. The molecule has 4 fully saturated rings. The van der Waals surface area contributed by atoms with Gasteiger partial charge in [0.25, 0.3) is 0 Å². The molecule has 2 N–H and O–H groups in total. The summed E-state index contributed by atoms with van der Waals surface area (Å²) in [6, 6.07) is 4.22. The monoisotopic (exact) mass is 609 g/mol. The molecular formula is C30H28F3N7O2S. The molecule has 0 bridgehead atoms. The van der Waals surface area contributed by atoms with Crippen molar-refractivity contribution in [2.75, 3.05) is 50.0 Å². The van der Waals surface area contributed by atoms with Crippen LogP contribution in [-0.2, 0) is 4.74 Å². The predicted octanol–water partition coefficient (Wildman–Crippen LogP) is 4.82. The number of alkyl halides is 1. The molecular weight excluding hydrogens is 579 g/mol. The van der Waals surface area contributed by atoms with Crippen LogP contribution in [-0.4, -0.2) is 77.0 Å². The molecule has 0 radical (unpaired) electrons. The van der Waals surface area contributed by atoms with Crippen molar-refractivity contribution in [2.24, 2.45) is 5.92 Å². The number of anilines is 2. The van der Waals surface area contributed by atoms with Crippen molar-refractivity contribution in [3.8, 4) is 23.3 Å². The van der Waals surface area contributed by atoms with Crippen LogP contribution in [0.5, 0.6) is 6.01 Å². The van der Waals surface area contributed by atoms with Crippen molar-refractivity contribution in [1.29, 1.82) is 5.26 Å². The van der Waals surface area contributed by atoms with E-state index in [9.17, 15) is 14.0 Å². The van der Waals surface area contributed by atoms with Crippen LogP contribution < -0.4 is 15.4 Å². The highest BCUT2D eigenvalue weighted by atomic mass is 32.1. The van der Waals surface area contributed by atoms with Gasteiger partial charge >= 0.3 is 6.01 Å². The fourth-order valence-corrected chi connectivity index (χ4v) is 7.94. The molecule has 0 spiro atoms. The first-order valence-corrected chi connectivity index (χ1v) is 15.1. The molecule has 1 saturated carbocycles. The number of aromatic nitrogens is 3. The summed E-state index contributed by atoms with van der Waals surface area (Å²) < 4.78 is 75.9. The maximum atomic E-state index is 16.7. The zero-order chi connectivity index (χ0) is 31.2.